The molecule has 9 heteroatoms. The third-order valence-corrected chi connectivity index (χ3v) is 17.1. The van der Waals surface area contributed by atoms with Crippen LogP contribution in [-0.2, 0) is 23.7 Å². The van der Waals surface area contributed by atoms with E-state index in [9.17, 15) is 4.79 Å². The summed E-state index contributed by atoms with van der Waals surface area (Å²) >= 11 is 0. The van der Waals surface area contributed by atoms with Crippen LogP contribution in [0.2, 0.25) is 0 Å². The molecule has 0 aromatic carbocycles. The van der Waals surface area contributed by atoms with Gasteiger partial charge in [0, 0.05) is 59.0 Å². The molecular formula is C43H73N3O6. The van der Waals surface area contributed by atoms with Gasteiger partial charge in [0.05, 0.1) is 32.0 Å². The lowest BCUT2D eigenvalue weighted by molar-refractivity contribution is -0.250. The van der Waals surface area contributed by atoms with Crippen molar-refractivity contribution in [3.05, 3.63) is 0 Å². The number of carbonyl (C=O) groups is 1. The zero-order valence-corrected chi connectivity index (χ0v) is 33.9. The Bertz CT molecular complexity index is 1270. The van der Waals surface area contributed by atoms with Crippen LogP contribution in [0.1, 0.15) is 112 Å². The lowest BCUT2D eigenvalue weighted by atomic mass is 9.46. The molecular weight excluding hydrogens is 654 g/mol. The molecule has 0 radical (unpaired) electrons. The first-order chi connectivity index (χ1) is 25.0. The Hall–Kier alpha value is -0.970. The third kappa shape index (κ3) is 6.30. The third-order valence-electron chi connectivity index (χ3n) is 17.1. The summed E-state index contributed by atoms with van der Waals surface area (Å²) in [7, 11) is 1.79. The molecule has 52 heavy (non-hydrogen) atoms. The van der Waals surface area contributed by atoms with Crippen LogP contribution in [0.3, 0.4) is 0 Å². The number of likely N-dealkylation sites (tertiary alicyclic amines) is 2. The average Bonchev–Trinajstić information content (AvgIpc) is 3.65. The fourth-order valence-electron chi connectivity index (χ4n) is 13.9. The van der Waals surface area contributed by atoms with Gasteiger partial charge in [-0.3, -0.25) is 9.80 Å². The van der Waals surface area contributed by atoms with Crippen molar-refractivity contribution in [3.8, 4) is 0 Å². The van der Waals surface area contributed by atoms with Crippen molar-refractivity contribution in [3.63, 3.8) is 0 Å². The monoisotopic (exact) mass is 728 g/mol. The van der Waals surface area contributed by atoms with Gasteiger partial charge < -0.3 is 28.6 Å². The van der Waals surface area contributed by atoms with Crippen molar-refractivity contribution >= 4 is 6.09 Å². The maximum atomic E-state index is 12.8. The van der Waals surface area contributed by atoms with E-state index >= 15 is 0 Å². The fraction of sp³-hybridized carbons (Fsp3) is 0.977. The first kappa shape index (κ1) is 37.9. The number of fused-ring (bicyclic) bond motifs is 2. The number of hydrogen-bond donors (Lipinski definition) is 0. The van der Waals surface area contributed by atoms with Gasteiger partial charge in [0.25, 0.3) is 0 Å². The molecule has 5 saturated carbocycles. The molecule has 0 aromatic heterocycles. The van der Waals surface area contributed by atoms with E-state index in [1.165, 1.54) is 64.2 Å². The average molecular weight is 728 g/mol. The number of methoxy groups -OCH3 is 1. The van der Waals surface area contributed by atoms with Crippen LogP contribution in [0.4, 0.5) is 4.79 Å². The summed E-state index contributed by atoms with van der Waals surface area (Å²) in [6.45, 7) is 23.4. The smallest absolute Gasteiger partial charge is 0.410 e. The first-order valence-electron chi connectivity index (χ1n) is 21.8. The van der Waals surface area contributed by atoms with Crippen molar-refractivity contribution in [2.24, 2.45) is 51.2 Å². The van der Waals surface area contributed by atoms with Crippen LogP contribution in [0.15, 0.2) is 0 Å². The minimum atomic E-state index is -0.185. The number of hydrogen-bond acceptors (Lipinski definition) is 8. The molecule has 8 aliphatic rings. The highest BCUT2D eigenvalue weighted by atomic mass is 16.7. The molecule has 8 rings (SSSR count). The Labute approximate surface area is 315 Å². The molecule has 2 spiro atoms. The van der Waals surface area contributed by atoms with Crippen LogP contribution in [0.5, 0.6) is 0 Å². The standard InChI is InChI=1S/C43H73N3O6/c1-8-10-32-34(50-27-35(29(2)3)51-39(47)45-17-9-18-45)23-33-31-11-12-36-40(4,5)37(13-14-43(36)28-42(31,43)16-15-41(32,33)6)52-38-26-46(20-22-49-38)30-24-44(25-30)19-21-48-7/h29-38H,8-28H2,1-7H3/t31?,32?,33?,34?,35?,36?,37-,38?,41?,42-,43?/m0/s1. The topological polar surface area (TPSA) is 72.9 Å². The van der Waals surface area contributed by atoms with E-state index in [2.05, 4.69) is 51.3 Å². The summed E-state index contributed by atoms with van der Waals surface area (Å²) in [4.78, 5) is 19.7. The molecule has 0 bridgehead atoms. The molecule has 9 nitrogen and oxygen atoms in total. The summed E-state index contributed by atoms with van der Waals surface area (Å²) in [5.74, 6) is 3.11. The summed E-state index contributed by atoms with van der Waals surface area (Å²) in [5.41, 5.74) is 1.50. The van der Waals surface area contributed by atoms with E-state index in [0.29, 0.717) is 34.8 Å². The Morgan fingerprint density at radius 1 is 0.962 bits per heavy atom. The number of amides is 1. The Kier molecular flexibility index (Phi) is 10.6. The maximum Gasteiger partial charge on any atom is 0.410 e. The number of morpholine rings is 1. The van der Waals surface area contributed by atoms with Crippen LogP contribution in [0.25, 0.3) is 0 Å². The molecule has 3 heterocycles. The molecule has 3 saturated heterocycles. The molecule has 11 atom stereocenters. The van der Waals surface area contributed by atoms with E-state index in [1.54, 1.807) is 7.11 Å². The summed E-state index contributed by atoms with van der Waals surface area (Å²) in [6, 6.07) is 0.620. The predicted molar refractivity (Wildman–Crippen MR) is 202 cm³/mol. The van der Waals surface area contributed by atoms with Gasteiger partial charge in [-0.15, -0.1) is 0 Å². The molecule has 5 aliphatic carbocycles. The molecule has 0 aromatic rings. The molecule has 0 N–H and O–H groups in total. The Morgan fingerprint density at radius 2 is 1.77 bits per heavy atom. The minimum Gasteiger partial charge on any atom is -0.443 e. The van der Waals surface area contributed by atoms with Crippen molar-refractivity contribution < 1.29 is 28.5 Å². The summed E-state index contributed by atoms with van der Waals surface area (Å²) in [6.07, 6.45) is 14.2. The quantitative estimate of drug-likeness (QED) is 0.200. The normalized spacial score (nSPS) is 43.5. The van der Waals surface area contributed by atoms with Gasteiger partial charge in [0.15, 0.2) is 6.29 Å². The zero-order valence-electron chi connectivity index (χ0n) is 33.9. The molecule has 1 amide bonds. The zero-order chi connectivity index (χ0) is 36.5. The fourth-order valence-corrected chi connectivity index (χ4v) is 13.9. The second-order valence-electron chi connectivity index (χ2n) is 20.0. The van der Waals surface area contributed by atoms with Gasteiger partial charge in [0.1, 0.15) is 6.10 Å². The highest BCUT2D eigenvalue weighted by Crippen LogP contribution is 2.87. The van der Waals surface area contributed by atoms with E-state index < -0.39 is 0 Å². The van der Waals surface area contributed by atoms with Gasteiger partial charge in [0.2, 0.25) is 0 Å². The van der Waals surface area contributed by atoms with Gasteiger partial charge in [-0.25, -0.2) is 4.79 Å². The Morgan fingerprint density at radius 3 is 2.48 bits per heavy atom. The van der Waals surface area contributed by atoms with E-state index in [0.717, 1.165) is 83.2 Å². The lowest BCUT2D eigenvalue weighted by Gasteiger charge is -2.60. The van der Waals surface area contributed by atoms with Crippen LogP contribution < -0.4 is 0 Å². The van der Waals surface area contributed by atoms with Crippen LogP contribution >= 0.6 is 0 Å². The van der Waals surface area contributed by atoms with Crippen LogP contribution in [-0.4, -0.2) is 124 Å². The van der Waals surface area contributed by atoms with Crippen molar-refractivity contribution in [1.29, 1.82) is 0 Å². The van der Waals surface area contributed by atoms with E-state index in [-0.39, 0.29) is 42.0 Å². The minimum absolute atomic E-state index is 0.111. The van der Waals surface area contributed by atoms with E-state index in [1.807, 2.05) is 4.90 Å². The second kappa shape index (κ2) is 14.5. The molecule has 8 fully saturated rings. The van der Waals surface area contributed by atoms with Gasteiger partial charge in [-0.05, 0) is 115 Å². The number of rotatable bonds is 13. The lowest BCUT2D eigenvalue weighted by Crippen LogP contribution is -2.63. The number of carbonyl (C=O) groups excluding carboxylic acids is 1. The van der Waals surface area contributed by atoms with Crippen molar-refractivity contribution in [2.75, 3.05) is 72.7 Å². The second-order valence-corrected chi connectivity index (χ2v) is 20.0. The Balaban J connectivity index is 0.910. The van der Waals surface area contributed by atoms with Gasteiger partial charge in [-0.1, -0.05) is 48.0 Å². The van der Waals surface area contributed by atoms with E-state index in [4.69, 9.17) is 23.7 Å². The highest BCUT2D eigenvalue weighted by molar-refractivity contribution is 5.68. The van der Waals surface area contributed by atoms with Crippen LogP contribution in [0, 0.1) is 51.2 Å². The molecule has 296 valence electrons. The van der Waals surface area contributed by atoms with Gasteiger partial charge >= 0.3 is 6.09 Å². The maximum absolute atomic E-state index is 12.8. The number of ether oxygens (including phenoxy) is 5. The summed E-state index contributed by atoms with van der Waals surface area (Å²) in [5, 5.41) is 0. The first-order valence-corrected chi connectivity index (χ1v) is 21.8. The number of nitrogens with zero attached hydrogens (tertiary/aromatic N) is 3. The van der Waals surface area contributed by atoms with Crippen molar-refractivity contribution in [1.82, 2.24) is 14.7 Å². The molecule has 3 aliphatic heterocycles. The highest BCUT2D eigenvalue weighted by Gasteiger charge is 2.80. The van der Waals surface area contributed by atoms with Gasteiger partial charge in [-0.2, -0.15) is 0 Å². The predicted octanol–water partition coefficient (Wildman–Crippen LogP) is 7.07. The largest absolute Gasteiger partial charge is 0.443 e. The SMILES string of the molecule is CCCC1C(OCC(OC(=O)N2CCC2)C(C)C)CC2C3CCC4C(C)(C)[C@@H](OC5CN(C6CN(CCOC)C6)CCO5)CCC45C[C@@]35CCC12C. The van der Waals surface area contributed by atoms with Crippen molar-refractivity contribution in [2.45, 2.75) is 143 Å². The summed E-state index contributed by atoms with van der Waals surface area (Å²) < 4.78 is 31.6. The molecule has 9 unspecified atom stereocenters.